The minimum atomic E-state index is -1.23. The van der Waals surface area contributed by atoms with Crippen LogP contribution in [0.2, 0.25) is 0 Å². The van der Waals surface area contributed by atoms with Crippen LogP contribution in [0.5, 0.6) is 0 Å². The fourth-order valence-electron chi connectivity index (χ4n) is 2.30. The van der Waals surface area contributed by atoms with E-state index in [9.17, 15) is 9.59 Å². The Morgan fingerprint density at radius 1 is 1.41 bits per heavy atom. The second-order valence-corrected chi connectivity index (χ2v) is 4.39. The van der Waals surface area contributed by atoms with Crippen molar-refractivity contribution in [3.05, 3.63) is 5.53 Å². The summed E-state index contributed by atoms with van der Waals surface area (Å²) in [5, 5.41) is 10.8. The first-order chi connectivity index (χ1) is 8.13. The third-order valence-electron chi connectivity index (χ3n) is 3.12. The van der Waals surface area contributed by atoms with Crippen molar-refractivity contribution in [3.8, 4) is 0 Å². The van der Waals surface area contributed by atoms with Gasteiger partial charge in [-0.2, -0.15) is 4.79 Å². The molecule has 0 spiro atoms. The van der Waals surface area contributed by atoms with Gasteiger partial charge in [0.15, 0.2) is 0 Å². The van der Waals surface area contributed by atoms with Crippen LogP contribution in [-0.2, 0) is 4.79 Å². The van der Waals surface area contributed by atoms with E-state index in [4.69, 9.17) is 10.6 Å². The molecule has 0 radical (unpaired) electrons. The first-order valence-corrected chi connectivity index (χ1v) is 5.84. The van der Waals surface area contributed by atoms with Crippen molar-refractivity contribution in [1.82, 2.24) is 5.32 Å². The van der Waals surface area contributed by atoms with Crippen molar-refractivity contribution in [2.75, 3.05) is 0 Å². The van der Waals surface area contributed by atoms with Gasteiger partial charge >= 0.3 is 12.3 Å². The van der Waals surface area contributed by atoms with Crippen LogP contribution >= 0.6 is 0 Å². The SMILES string of the molecule is [N-]=[N+]=CC(=O)[C@H](CC1CCCCC1)NC(=O)O. The van der Waals surface area contributed by atoms with Crippen LogP contribution in [0.4, 0.5) is 4.79 Å². The molecule has 0 saturated heterocycles. The summed E-state index contributed by atoms with van der Waals surface area (Å²) in [6.45, 7) is 0. The molecular formula is C11H17N3O3. The lowest BCUT2D eigenvalue weighted by Crippen LogP contribution is -2.42. The molecule has 1 amide bonds. The van der Waals surface area contributed by atoms with E-state index in [-0.39, 0.29) is 0 Å². The predicted octanol–water partition coefficient (Wildman–Crippen LogP) is 1.46. The quantitative estimate of drug-likeness (QED) is 0.431. The molecule has 1 saturated carbocycles. The van der Waals surface area contributed by atoms with Crippen molar-refractivity contribution in [2.45, 2.75) is 44.6 Å². The Hall–Kier alpha value is -1.68. The van der Waals surface area contributed by atoms with E-state index >= 15 is 0 Å². The fourth-order valence-corrected chi connectivity index (χ4v) is 2.30. The highest BCUT2D eigenvalue weighted by molar-refractivity contribution is 6.28. The van der Waals surface area contributed by atoms with E-state index in [1.54, 1.807) is 0 Å². The average molecular weight is 239 g/mol. The van der Waals surface area contributed by atoms with Gasteiger partial charge in [-0.3, -0.25) is 4.79 Å². The maximum atomic E-state index is 11.5. The number of ketones is 1. The normalized spacial score (nSPS) is 17.9. The number of carbonyl (C=O) groups excluding carboxylic acids is 1. The van der Waals surface area contributed by atoms with E-state index in [0.717, 1.165) is 31.9 Å². The largest absolute Gasteiger partial charge is 0.465 e. The summed E-state index contributed by atoms with van der Waals surface area (Å²) in [5.41, 5.74) is 8.30. The van der Waals surface area contributed by atoms with Gasteiger partial charge in [0.1, 0.15) is 6.04 Å². The topological polar surface area (TPSA) is 103 Å². The number of Topliss-reactive ketones (excluding diaryl/α,β-unsaturated/α-hetero) is 1. The van der Waals surface area contributed by atoms with Crippen LogP contribution < -0.4 is 5.32 Å². The van der Waals surface area contributed by atoms with E-state index in [1.807, 2.05) is 0 Å². The summed E-state index contributed by atoms with van der Waals surface area (Å²) in [6.07, 6.45) is 5.54. The summed E-state index contributed by atoms with van der Waals surface area (Å²) in [4.78, 5) is 24.8. The molecule has 1 rings (SSSR count). The zero-order chi connectivity index (χ0) is 12.7. The first kappa shape index (κ1) is 13.4. The summed E-state index contributed by atoms with van der Waals surface area (Å²) in [6, 6.07) is -0.800. The molecule has 0 heterocycles. The van der Waals surface area contributed by atoms with Crippen LogP contribution in [0.3, 0.4) is 0 Å². The second-order valence-electron chi connectivity index (χ2n) is 4.39. The lowest BCUT2D eigenvalue weighted by molar-refractivity contribution is -0.118. The van der Waals surface area contributed by atoms with Crippen LogP contribution in [0, 0.1) is 5.92 Å². The van der Waals surface area contributed by atoms with Gasteiger partial charge in [0.05, 0.1) is 0 Å². The Balaban J connectivity index is 2.58. The van der Waals surface area contributed by atoms with Crippen molar-refractivity contribution < 1.29 is 19.5 Å². The molecule has 94 valence electrons. The maximum Gasteiger partial charge on any atom is 0.405 e. The summed E-state index contributed by atoms with van der Waals surface area (Å²) in [5.74, 6) is -0.128. The van der Waals surface area contributed by atoms with Gasteiger partial charge in [-0.05, 0) is 12.3 Å². The standard InChI is InChI=1S/C11H17N3O3/c12-13-7-10(15)9(14-11(16)17)6-8-4-2-1-3-5-8/h7-9,14H,1-6H2,(H,16,17)/t9-/m0/s1. The van der Waals surface area contributed by atoms with Crippen LogP contribution in [0.15, 0.2) is 0 Å². The lowest BCUT2D eigenvalue weighted by atomic mass is 9.84. The third kappa shape index (κ3) is 4.78. The second kappa shape index (κ2) is 6.81. The highest BCUT2D eigenvalue weighted by Gasteiger charge is 2.26. The molecule has 0 aromatic rings. The van der Waals surface area contributed by atoms with Crippen LogP contribution in [0.1, 0.15) is 38.5 Å². The number of carboxylic acid groups (broad SMARTS) is 1. The molecule has 6 nitrogen and oxygen atoms in total. The van der Waals surface area contributed by atoms with Gasteiger partial charge in [-0.15, -0.1) is 0 Å². The Kier molecular flexibility index (Phi) is 5.36. The summed E-state index contributed by atoms with van der Waals surface area (Å²) >= 11 is 0. The molecule has 1 atom stereocenters. The van der Waals surface area contributed by atoms with Crippen LogP contribution in [-0.4, -0.2) is 34.0 Å². The minimum absolute atomic E-state index is 0.372. The summed E-state index contributed by atoms with van der Waals surface area (Å²) in [7, 11) is 0. The van der Waals surface area contributed by atoms with E-state index < -0.39 is 17.9 Å². The van der Waals surface area contributed by atoms with Crippen molar-refractivity contribution >= 4 is 18.1 Å². The summed E-state index contributed by atoms with van der Waals surface area (Å²) < 4.78 is 0. The van der Waals surface area contributed by atoms with Gasteiger partial charge in [-0.25, -0.2) is 4.79 Å². The monoisotopic (exact) mass is 239 g/mol. The first-order valence-electron chi connectivity index (χ1n) is 5.84. The molecule has 0 bridgehead atoms. The molecule has 6 heteroatoms. The maximum absolute atomic E-state index is 11.5. The van der Waals surface area contributed by atoms with Crippen molar-refractivity contribution in [1.29, 1.82) is 0 Å². The molecule has 0 aromatic heterocycles. The number of rotatable bonds is 5. The van der Waals surface area contributed by atoms with E-state index in [1.165, 1.54) is 6.42 Å². The number of nitrogens with one attached hydrogen (secondary N) is 1. The molecule has 1 aliphatic carbocycles. The number of amides is 1. The van der Waals surface area contributed by atoms with Gasteiger partial charge in [-0.1, -0.05) is 32.1 Å². The van der Waals surface area contributed by atoms with E-state index in [2.05, 4.69) is 10.1 Å². The van der Waals surface area contributed by atoms with Gasteiger partial charge in [0, 0.05) is 0 Å². The molecule has 0 aromatic carbocycles. The Bertz CT molecular complexity index is 331. The Morgan fingerprint density at radius 2 is 2.06 bits per heavy atom. The highest BCUT2D eigenvalue weighted by atomic mass is 16.4. The molecule has 0 unspecified atom stereocenters. The zero-order valence-electron chi connectivity index (χ0n) is 9.63. The van der Waals surface area contributed by atoms with E-state index in [0.29, 0.717) is 12.3 Å². The zero-order valence-corrected chi connectivity index (χ0v) is 9.63. The Labute approximate surface area is 99.6 Å². The Morgan fingerprint density at radius 3 is 2.59 bits per heavy atom. The van der Waals surface area contributed by atoms with Crippen LogP contribution in [0.25, 0.3) is 5.53 Å². The molecule has 17 heavy (non-hydrogen) atoms. The smallest absolute Gasteiger partial charge is 0.405 e. The van der Waals surface area contributed by atoms with Crippen molar-refractivity contribution in [2.24, 2.45) is 5.92 Å². The van der Waals surface area contributed by atoms with Crippen molar-refractivity contribution in [3.63, 3.8) is 0 Å². The lowest BCUT2D eigenvalue weighted by Gasteiger charge is -2.24. The molecule has 0 aliphatic heterocycles. The minimum Gasteiger partial charge on any atom is -0.465 e. The molecular weight excluding hydrogens is 222 g/mol. The average Bonchev–Trinajstić information content (AvgIpc) is 2.29. The predicted molar refractivity (Wildman–Crippen MR) is 60.8 cm³/mol. The van der Waals surface area contributed by atoms with Gasteiger partial charge in [0.25, 0.3) is 5.78 Å². The fraction of sp³-hybridized carbons (Fsp3) is 0.727. The highest BCUT2D eigenvalue weighted by Crippen LogP contribution is 2.27. The van der Waals surface area contributed by atoms with Gasteiger partial charge in [0.2, 0.25) is 0 Å². The number of nitrogens with zero attached hydrogens (tertiary/aromatic N) is 2. The number of hydrogen-bond donors (Lipinski definition) is 2. The number of carbonyl (C=O) groups is 2. The number of hydrogen-bond acceptors (Lipinski definition) is 2. The molecule has 2 N–H and O–H groups in total. The molecule has 1 aliphatic rings. The van der Waals surface area contributed by atoms with Gasteiger partial charge < -0.3 is 16.0 Å². The third-order valence-corrected chi connectivity index (χ3v) is 3.12. The molecule has 1 fully saturated rings.